The molecular weight excluding hydrogens is 263 g/mol. The molecule has 0 aromatic carbocycles. The Morgan fingerprint density at radius 1 is 1.58 bits per heavy atom. The van der Waals surface area contributed by atoms with Gasteiger partial charge in [-0.05, 0) is 14.0 Å². The molecule has 8 heteroatoms. The summed E-state index contributed by atoms with van der Waals surface area (Å²) in [5.41, 5.74) is 0. The zero-order valence-electron chi connectivity index (χ0n) is 11.1. The maximum atomic E-state index is 12.0. The van der Waals surface area contributed by atoms with E-state index in [1.54, 1.807) is 18.9 Å². The first kappa shape index (κ1) is 16.2. The summed E-state index contributed by atoms with van der Waals surface area (Å²) in [7, 11) is 1.69. The van der Waals surface area contributed by atoms with Gasteiger partial charge < -0.3 is 15.4 Å². The van der Waals surface area contributed by atoms with E-state index in [0.717, 1.165) is 6.54 Å². The Kier molecular flexibility index (Phi) is 6.02. The molecule has 0 aromatic rings. The number of ether oxygens (including phenoxy) is 1. The van der Waals surface area contributed by atoms with Crippen molar-refractivity contribution >= 4 is 5.91 Å². The SMILES string of the molecule is CC(C(=O)NCC(F)(F)F)N(C)CC1CNCCO1. The van der Waals surface area contributed by atoms with E-state index in [4.69, 9.17) is 4.74 Å². The van der Waals surface area contributed by atoms with E-state index in [1.807, 2.05) is 5.32 Å². The zero-order chi connectivity index (χ0) is 14.5. The minimum Gasteiger partial charge on any atom is -0.374 e. The van der Waals surface area contributed by atoms with Gasteiger partial charge in [-0.2, -0.15) is 13.2 Å². The maximum Gasteiger partial charge on any atom is 0.405 e. The van der Waals surface area contributed by atoms with Gasteiger partial charge in [-0.3, -0.25) is 9.69 Å². The molecule has 19 heavy (non-hydrogen) atoms. The molecule has 0 saturated carbocycles. The molecule has 5 nitrogen and oxygen atoms in total. The number of carbonyl (C=O) groups is 1. The normalized spacial score (nSPS) is 22.3. The van der Waals surface area contributed by atoms with Crippen LogP contribution in [0.15, 0.2) is 0 Å². The van der Waals surface area contributed by atoms with Crippen LogP contribution in [0.5, 0.6) is 0 Å². The lowest BCUT2D eigenvalue weighted by atomic mass is 10.2. The third-order valence-electron chi connectivity index (χ3n) is 3.00. The number of carbonyl (C=O) groups excluding carboxylic acids is 1. The van der Waals surface area contributed by atoms with Crippen molar-refractivity contribution in [3.05, 3.63) is 0 Å². The molecule has 2 atom stereocenters. The molecule has 0 spiro atoms. The summed E-state index contributed by atoms with van der Waals surface area (Å²) in [6.45, 7) is 2.84. The van der Waals surface area contributed by atoms with Crippen LogP contribution in [-0.4, -0.2) is 69.0 Å². The van der Waals surface area contributed by atoms with Crippen molar-refractivity contribution < 1.29 is 22.7 Å². The van der Waals surface area contributed by atoms with Crippen LogP contribution in [-0.2, 0) is 9.53 Å². The topological polar surface area (TPSA) is 53.6 Å². The number of hydrogen-bond acceptors (Lipinski definition) is 4. The van der Waals surface area contributed by atoms with E-state index < -0.39 is 24.7 Å². The van der Waals surface area contributed by atoms with Crippen LogP contribution in [0.25, 0.3) is 0 Å². The van der Waals surface area contributed by atoms with Crippen LogP contribution < -0.4 is 10.6 Å². The van der Waals surface area contributed by atoms with Crippen molar-refractivity contribution in [3.8, 4) is 0 Å². The molecule has 1 amide bonds. The molecule has 2 N–H and O–H groups in total. The predicted octanol–water partition coefficient (Wildman–Crippen LogP) is -0.0264. The Morgan fingerprint density at radius 3 is 2.79 bits per heavy atom. The molecule has 1 rings (SSSR count). The Bertz CT molecular complexity index is 293. The Hall–Kier alpha value is -0.860. The highest BCUT2D eigenvalue weighted by Gasteiger charge is 2.30. The third-order valence-corrected chi connectivity index (χ3v) is 3.00. The fourth-order valence-corrected chi connectivity index (χ4v) is 1.75. The van der Waals surface area contributed by atoms with Gasteiger partial charge in [0.25, 0.3) is 0 Å². The van der Waals surface area contributed by atoms with Crippen LogP contribution >= 0.6 is 0 Å². The number of morpholine rings is 1. The van der Waals surface area contributed by atoms with E-state index in [0.29, 0.717) is 19.7 Å². The highest BCUT2D eigenvalue weighted by Crippen LogP contribution is 2.12. The first-order valence-corrected chi connectivity index (χ1v) is 6.16. The summed E-state index contributed by atoms with van der Waals surface area (Å²) < 4.78 is 41.5. The second-order valence-corrected chi connectivity index (χ2v) is 4.65. The third kappa shape index (κ3) is 6.22. The average molecular weight is 283 g/mol. The average Bonchev–Trinajstić information content (AvgIpc) is 2.35. The maximum absolute atomic E-state index is 12.0. The predicted molar refractivity (Wildman–Crippen MR) is 63.8 cm³/mol. The second kappa shape index (κ2) is 7.06. The van der Waals surface area contributed by atoms with Crippen molar-refractivity contribution in [1.29, 1.82) is 0 Å². The van der Waals surface area contributed by atoms with Gasteiger partial charge in [0, 0.05) is 19.6 Å². The number of alkyl halides is 3. The van der Waals surface area contributed by atoms with Crippen molar-refractivity contribution in [2.75, 3.05) is 39.8 Å². The number of amides is 1. The van der Waals surface area contributed by atoms with Crippen LogP contribution in [0.4, 0.5) is 13.2 Å². The molecule has 1 aliphatic heterocycles. The van der Waals surface area contributed by atoms with E-state index in [2.05, 4.69) is 5.32 Å². The van der Waals surface area contributed by atoms with Gasteiger partial charge in [0.2, 0.25) is 5.91 Å². The number of nitrogens with one attached hydrogen (secondary N) is 2. The van der Waals surface area contributed by atoms with Gasteiger partial charge >= 0.3 is 6.18 Å². The summed E-state index contributed by atoms with van der Waals surface area (Å²) >= 11 is 0. The molecule has 1 aliphatic rings. The lowest BCUT2D eigenvalue weighted by Gasteiger charge is -2.30. The highest BCUT2D eigenvalue weighted by atomic mass is 19.4. The standard InChI is InChI=1S/C11H20F3N3O2/c1-8(10(18)16-7-11(12,13)14)17(2)6-9-5-15-3-4-19-9/h8-9,15H,3-7H2,1-2H3,(H,16,18). The lowest BCUT2D eigenvalue weighted by molar-refractivity contribution is -0.141. The molecule has 1 heterocycles. The first-order valence-electron chi connectivity index (χ1n) is 6.16. The van der Waals surface area contributed by atoms with Crippen LogP contribution in [0.1, 0.15) is 6.92 Å². The molecular formula is C11H20F3N3O2. The molecule has 1 saturated heterocycles. The number of likely N-dealkylation sites (N-methyl/N-ethyl adjacent to an activating group) is 1. The summed E-state index contributed by atoms with van der Waals surface area (Å²) in [5.74, 6) is -0.636. The van der Waals surface area contributed by atoms with Gasteiger partial charge in [0.1, 0.15) is 6.54 Å². The summed E-state index contributed by atoms with van der Waals surface area (Å²) in [4.78, 5) is 13.2. The van der Waals surface area contributed by atoms with Crippen LogP contribution in [0.3, 0.4) is 0 Å². The number of hydrogen-bond donors (Lipinski definition) is 2. The quantitative estimate of drug-likeness (QED) is 0.744. The summed E-state index contributed by atoms with van der Waals surface area (Å²) in [5, 5.41) is 5.03. The van der Waals surface area contributed by atoms with Crippen LogP contribution in [0.2, 0.25) is 0 Å². The number of halogens is 3. The summed E-state index contributed by atoms with van der Waals surface area (Å²) in [6, 6.07) is -0.632. The van der Waals surface area contributed by atoms with E-state index in [9.17, 15) is 18.0 Å². The zero-order valence-corrected chi connectivity index (χ0v) is 11.1. The highest BCUT2D eigenvalue weighted by molar-refractivity contribution is 5.81. The minimum absolute atomic E-state index is 0.0448. The Labute approximate surface area is 110 Å². The smallest absolute Gasteiger partial charge is 0.374 e. The Morgan fingerprint density at radius 2 is 2.26 bits per heavy atom. The molecule has 0 bridgehead atoms. The number of rotatable bonds is 5. The van der Waals surface area contributed by atoms with Gasteiger partial charge in [0.15, 0.2) is 0 Å². The van der Waals surface area contributed by atoms with E-state index in [-0.39, 0.29) is 6.10 Å². The molecule has 0 aliphatic carbocycles. The van der Waals surface area contributed by atoms with Crippen LogP contribution in [0, 0.1) is 0 Å². The monoisotopic (exact) mass is 283 g/mol. The van der Waals surface area contributed by atoms with Crippen molar-refractivity contribution in [1.82, 2.24) is 15.5 Å². The first-order chi connectivity index (χ1) is 8.79. The van der Waals surface area contributed by atoms with E-state index in [1.165, 1.54) is 0 Å². The largest absolute Gasteiger partial charge is 0.405 e. The van der Waals surface area contributed by atoms with Crippen molar-refractivity contribution in [3.63, 3.8) is 0 Å². The minimum atomic E-state index is -4.38. The van der Waals surface area contributed by atoms with Gasteiger partial charge in [-0.25, -0.2) is 0 Å². The fourth-order valence-electron chi connectivity index (χ4n) is 1.75. The molecule has 1 fully saturated rings. The lowest BCUT2D eigenvalue weighted by Crippen LogP contribution is -2.51. The number of nitrogens with zero attached hydrogens (tertiary/aromatic N) is 1. The van der Waals surface area contributed by atoms with Gasteiger partial charge in [-0.15, -0.1) is 0 Å². The van der Waals surface area contributed by atoms with Crippen molar-refractivity contribution in [2.24, 2.45) is 0 Å². The molecule has 112 valence electrons. The van der Waals surface area contributed by atoms with Gasteiger partial charge in [-0.1, -0.05) is 0 Å². The fraction of sp³-hybridized carbons (Fsp3) is 0.909. The Balaban J connectivity index is 2.33. The van der Waals surface area contributed by atoms with Gasteiger partial charge in [0.05, 0.1) is 18.8 Å². The molecule has 0 aromatic heterocycles. The van der Waals surface area contributed by atoms with E-state index >= 15 is 0 Å². The second-order valence-electron chi connectivity index (χ2n) is 4.65. The molecule has 2 unspecified atom stereocenters. The van der Waals surface area contributed by atoms with Crippen molar-refractivity contribution in [2.45, 2.75) is 25.2 Å². The summed E-state index contributed by atoms with van der Waals surface area (Å²) in [6.07, 6.45) is -4.43. The molecule has 0 radical (unpaired) electrons.